The Labute approximate surface area is 95.7 Å². The number of hydrogen-bond donors (Lipinski definition) is 2. The fraction of sp³-hybridized carbons (Fsp3) is 0.545. The van der Waals surface area contributed by atoms with Gasteiger partial charge in [0.2, 0.25) is 11.9 Å². The van der Waals surface area contributed by atoms with Gasteiger partial charge in [-0.25, -0.2) is 9.97 Å². The Morgan fingerprint density at radius 3 is 2.69 bits per heavy atom. The van der Waals surface area contributed by atoms with Crippen molar-refractivity contribution in [1.29, 1.82) is 0 Å². The van der Waals surface area contributed by atoms with E-state index in [1.54, 1.807) is 18.5 Å². The van der Waals surface area contributed by atoms with Crippen LogP contribution in [0.1, 0.15) is 26.7 Å². The quantitative estimate of drug-likeness (QED) is 0.710. The Hall–Kier alpha value is -1.49. The number of nitrogens with zero attached hydrogens (tertiary/aromatic N) is 2. The van der Waals surface area contributed by atoms with Gasteiger partial charge in [0.15, 0.2) is 0 Å². The molecular formula is C11H18N4O. The third-order valence-electron chi connectivity index (χ3n) is 1.95. The fourth-order valence-corrected chi connectivity index (χ4v) is 1.19. The maximum absolute atomic E-state index is 11.4. The molecule has 5 heteroatoms. The average molecular weight is 222 g/mol. The van der Waals surface area contributed by atoms with Crippen LogP contribution >= 0.6 is 0 Å². The van der Waals surface area contributed by atoms with Gasteiger partial charge in [0, 0.05) is 24.9 Å². The first-order valence-corrected chi connectivity index (χ1v) is 5.48. The number of carbonyl (C=O) groups excluding carboxylic acids is 1. The van der Waals surface area contributed by atoms with Crippen molar-refractivity contribution in [3.05, 3.63) is 18.5 Å². The third kappa shape index (κ3) is 5.41. The fourth-order valence-electron chi connectivity index (χ4n) is 1.19. The second-order valence-corrected chi connectivity index (χ2v) is 3.83. The lowest BCUT2D eigenvalue weighted by Crippen LogP contribution is -2.25. The monoisotopic (exact) mass is 222 g/mol. The van der Waals surface area contributed by atoms with Crippen molar-refractivity contribution in [2.45, 2.75) is 32.7 Å². The molecule has 2 N–H and O–H groups in total. The summed E-state index contributed by atoms with van der Waals surface area (Å²) in [5.74, 6) is 0.320. The molecule has 1 heterocycles. The molecule has 0 bridgehead atoms. The van der Waals surface area contributed by atoms with Crippen LogP contribution in [0.2, 0.25) is 0 Å². The Morgan fingerprint density at radius 2 is 2.06 bits per heavy atom. The SMILES string of the molecule is CC(C)NCCCC(=O)Nc1ncccn1. The number of aromatic nitrogens is 2. The van der Waals surface area contributed by atoms with E-state index in [2.05, 4.69) is 34.4 Å². The standard InChI is InChI=1S/C11H18N4O/c1-9(2)12-6-3-5-10(16)15-11-13-7-4-8-14-11/h4,7-9,12H,3,5-6H2,1-2H3,(H,13,14,15,16). The van der Waals surface area contributed by atoms with Crippen LogP contribution in [0.3, 0.4) is 0 Å². The molecule has 0 radical (unpaired) electrons. The summed E-state index contributed by atoms with van der Waals surface area (Å²) in [6, 6.07) is 2.17. The van der Waals surface area contributed by atoms with Crippen molar-refractivity contribution < 1.29 is 4.79 Å². The van der Waals surface area contributed by atoms with Gasteiger partial charge >= 0.3 is 0 Å². The minimum absolute atomic E-state index is 0.0447. The number of anilines is 1. The molecule has 0 atom stereocenters. The normalized spacial score (nSPS) is 10.4. The summed E-state index contributed by atoms with van der Waals surface area (Å²) >= 11 is 0. The van der Waals surface area contributed by atoms with Gasteiger partial charge in [-0.2, -0.15) is 0 Å². The lowest BCUT2D eigenvalue weighted by molar-refractivity contribution is -0.116. The van der Waals surface area contributed by atoms with Crippen molar-refractivity contribution in [2.24, 2.45) is 0 Å². The van der Waals surface area contributed by atoms with E-state index in [1.807, 2.05) is 0 Å². The maximum atomic E-state index is 11.4. The molecule has 0 saturated heterocycles. The highest BCUT2D eigenvalue weighted by atomic mass is 16.1. The Bertz CT molecular complexity index is 313. The van der Waals surface area contributed by atoms with Gasteiger partial charge in [0.1, 0.15) is 0 Å². The summed E-state index contributed by atoms with van der Waals surface area (Å²) in [6.45, 7) is 5.01. The molecule has 0 unspecified atom stereocenters. The Balaban J connectivity index is 2.17. The molecule has 0 fully saturated rings. The molecule has 0 aliphatic rings. The lowest BCUT2D eigenvalue weighted by atomic mass is 10.3. The smallest absolute Gasteiger partial charge is 0.229 e. The first-order valence-electron chi connectivity index (χ1n) is 5.48. The molecule has 88 valence electrons. The van der Waals surface area contributed by atoms with Crippen LogP contribution in [0, 0.1) is 0 Å². The van der Waals surface area contributed by atoms with Crippen LogP contribution in [0.25, 0.3) is 0 Å². The summed E-state index contributed by atoms with van der Waals surface area (Å²) in [5.41, 5.74) is 0. The van der Waals surface area contributed by atoms with Crippen LogP contribution in [0.4, 0.5) is 5.95 Å². The molecule has 0 aromatic carbocycles. The molecule has 16 heavy (non-hydrogen) atoms. The molecule has 0 spiro atoms. The molecule has 1 aromatic rings. The van der Waals surface area contributed by atoms with Gasteiger partial charge in [-0.15, -0.1) is 0 Å². The number of amides is 1. The van der Waals surface area contributed by atoms with Crippen LogP contribution in [-0.2, 0) is 4.79 Å². The summed E-state index contributed by atoms with van der Waals surface area (Å²) in [5, 5.41) is 5.89. The van der Waals surface area contributed by atoms with Gasteiger partial charge in [-0.3, -0.25) is 10.1 Å². The van der Waals surface area contributed by atoms with Crippen LogP contribution in [0.5, 0.6) is 0 Å². The number of carbonyl (C=O) groups is 1. The highest BCUT2D eigenvalue weighted by Crippen LogP contribution is 1.97. The van der Waals surface area contributed by atoms with Crippen LogP contribution in [0.15, 0.2) is 18.5 Å². The largest absolute Gasteiger partial charge is 0.315 e. The average Bonchev–Trinajstić information content (AvgIpc) is 2.25. The highest BCUT2D eigenvalue weighted by Gasteiger charge is 2.03. The van der Waals surface area contributed by atoms with E-state index in [-0.39, 0.29) is 5.91 Å². The summed E-state index contributed by atoms with van der Waals surface area (Å²) < 4.78 is 0. The lowest BCUT2D eigenvalue weighted by Gasteiger charge is -2.07. The molecule has 0 aliphatic heterocycles. The molecule has 1 amide bonds. The summed E-state index contributed by atoms with van der Waals surface area (Å²) in [4.78, 5) is 19.3. The van der Waals surface area contributed by atoms with Crippen molar-refractivity contribution in [1.82, 2.24) is 15.3 Å². The van der Waals surface area contributed by atoms with Gasteiger partial charge < -0.3 is 5.32 Å². The minimum atomic E-state index is -0.0447. The minimum Gasteiger partial charge on any atom is -0.315 e. The predicted molar refractivity (Wildman–Crippen MR) is 63.0 cm³/mol. The Morgan fingerprint density at radius 1 is 1.38 bits per heavy atom. The molecule has 1 rings (SSSR count). The summed E-state index contributed by atoms with van der Waals surface area (Å²) in [6.07, 6.45) is 4.50. The number of nitrogens with one attached hydrogen (secondary N) is 2. The van der Waals surface area contributed by atoms with E-state index in [1.165, 1.54) is 0 Å². The van der Waals surface area contributed by atoms with E-state index in [9.17, 15) is 4.79 Å². The van der Waals surface area contributed by atoms with Crippen molar-refractivity contribution in [3.8, 4) is 0 Å². The van der Waals surface area contributed by atoms with Crippen molar-refractivity contribution in [2.75, 3.05) is 11.9 Å². The molecular weight excluding hydrogens is 204 g/mol. The van der Waals surface area contributed by atoms with Crippen molar-refractivity contribution in [3.63, 3.8) is 0 Å². The van der Waals surface area contributed by atoms with Gasteiger partial charge in [0.05, 0.1) is 0 Å². The Kier molecular flexibility index (Phi) is 5.42. The first kappa shape index (κ1) is 12.6. The zero-order chi connectivity index (χ0) is 11.8. The van der Waals surface area contributed by atoms with E-state index in [0.29, 0.717) is 18.4 Å². The number of rotatable bonds is 6. The predicted octanol–water partition coefficient (Wildman–Crippen LogP) is 1.19. The topological polar surface area (TPSA) is 66.9 Å². The molecule has 0 aliphatic carbocycles. The molecule has 5 nitrogen and oxygen atoms in total. The molecule has 1 aromatic heterocycles. The van der Waals surface area contributed by atoms with E-state index in [0.717, 1.165) is 13.0 Å². The second kappa shape index (κ2) is 6.90. The highest BCUT2D eigenvalue weighted by molar-refractivity contribution is 5.88. The van der Waals surface area contributed by atoms with Gasteiger partial charge in [-0.05, 0) is 19.0 Å². The van der Waals surface area contributed by atoms with Crippen LogP contribution in [-0.4, -0.2) is 28.5 Å². The zero-order valence-corrected chi connectivity index (χ0v) is 9.73. The number of hydrogen-bond acceptors (Lipinski definition) is 4. The third-order valence-corrected chi connectivity index (χ3v) is 1.95. The van der Waals surface area contributed by atoms with Gasteiger partial charge in [0.25, 0.3) is 0 Å². The van der Waals surface area contributed by atoms with Crippen molar-refractivity contribution >= 4 is 11.9 Å². The van der Waals surface area contributed by atoms with Crippen LogP contribution < -0.4 is 10.6 Å². The van der Waals surface area contributed by atoms with Gasteiger partial charge in [-0.1, -0.05) is 13.8 Å². The maximum Gasteiger partial charge on any atom is 0.229 e. The first-order chi connectivity index (χ1) is 7.68. The summed E-state index contributed by atoms with van der Waals surface area (Å²) in [7, 11) is 0. The second-order valence-electron chi connectivity index (χ2n) is 3.83. The van der Waals surface area contributed by atoms with E-state index >= 15 is 0 Å². The van der Waals surface area contributed by atoms with E-state index < -0.39 is 0 Å². The zero-order valence-electron chi connectivity index (χ0n) is 9.73. The van der Waals surface area contributed by atoms with E-state index in [4.69, 9.17) is 0 Å². The molecule has 0 saturated carbocycles.